The Morgan fingerprint density at radius 1 is 1.33 bits per heavy atom. The van der Waals surface area contributed by atoms with Crippen LogP contribution in [-0.2, 0) is 21.5 Å². The molecule has 8 heteroatoms. The Hall–Kier alpha value is -2.77. The summed E-state index contributed by atoms with van der Waals surface area (Å²) in [4.78, 5) is 23.1. The number of amides is 1. The second-order valence-corrected chi connectivity index (χ2v) is 5.80. The van der Waals surface area contributed by atoms with Crippen LogP contribution in [0.1, 0.15) is 25.8 Å². The molecule has 0 saturated heterocycles. The number of hydrogen-bond acceptors (Lipinski definition) is 3. The maximum atomic E-state index is 13.5. The molecule has 0 radical (unpaired) electrons. The molecule has 2 N–H and O–H groups in total. The summed E-state index contributed by atoms with van der Waals surface area (Å²) in [5.74, 6) is -3.39. The fourth-order valence-electron chi connectivity index (χ4n) is 2.00. The summed E-state index contributed by atoms with van der Waals surface area (Å²) in [7, 11) is 0. The Kier molecular flexibility index (Phi) is 4.96. The van der Waals surface area contributed by atoms with Crippen LogP contribution in [0.4, 0.5) is 14.5 Å². The summed E-state index contributed by atoms with van der Waals surface area (Å²) in [6, 6.07) is 3.81. The second kappa shape index (κ2) is 6.77. The van der Waals surface area contributed by atoms with E-state index in [4.69, 9.17) is 5.11 Å². The van der Waals surface area contributed by atoms with E-state index in [2.05, 4.69) is 10.4 Å². The Morgan fingerprint density at radius 3 is 2.71 bits per heavy atom. The molecular formula is C16H17F2N3O3. The number of carboxylic acids is 1. The van der Waals surface area contributed by atoms with E-state index in [9.17, 15) is 18.4 Å². The van der Waals surface area contributed by atoms with Crippen LogP contribution in [0.25, 0.3) is 0 Å². The third-order valence-electron chi connectivity index (χ3n) is 3.62. The van der Waals surface area contributed by atoms with E-state index < -0.39 is 29.0 Å². The van der Waals surface area contributed by atoms with Gasteiger partial charge in [0.05, 0.1) is 11.9 Å². The molecule has 0 spiro atoms. The Labute approximate surface area is 137 Å². The first-order chi connectivity index (χ1) is 11.2. The topological polar surface area (TPSA) is 84.2 Å². The first-order valence-corrected chi connectivity index (χ1v) is 7.23. The maximum Gasteiger partial charge on any atom is 0.331 e. The molecular weight excluding hydrogens is 320 g/mol. The van der Waals surface area contributed by atoms with Gasteiger partial charge in [-0.25, -0.2) is 13.6 Å². The molecule has 0 unspecified atom stereocenters. The van der Waals surface area contributed by atoms with Crippen LogP contribution in [-0.4, -0.2) is 26.8 Å². The lowest BCUT2D eigenvalue weighted by atomic mass is 10.1. The zero-order chi connectivity index (χ0) is 17.9. The van der Waals surface area contributed by atoms with E-state index in [0.29, 0.717) is 5.69 Å². The normalized spacial score (nSPS) is 11.3. The van der Waals surface area contributed by atoms with Crippen molar-refractivity contribution in [3.05, 3.63) is 47.8 Å². The summed E-state index contributed by atoms with van der Waals surface area (Å²) < 4.78 is 27.8. The largest absolute Gasteiger partial charge is 0.479 e. The summed E-state index contributed by atoms with van der Waals surface area (Å²) in [6.45, 7) is 2.95. The number of nitrogens with zero attached hydrogens (tertiary/aromatic N) is 2. The van der Waals surface area contributed by atoms with E-state index in [0.717, 1.165) is 6.07 Å². The molecule has 2 rings (SSSR count). The Morgan fingerprint density at radius 2 is 2.04 bits per heavy atom. The standard InChI is InChI=1S/C16H17F2N3O3/c1-16(2,15(23)24)21-9-11(8-19-21)20-13(22)7-6-10-4-3-5-12(17)14(10)18/h3-5,8-9H,6-7H2,1-2H3,(H,20,22)(H,23,24). The number of carbonyl (C=O) groups excluding carboxylic acids is 1. The molecule has 1 amide bonds. The van der Waals surface area contributed by atoms with Crippen molar-refractivity contribution in [3.63, 3.8) is 0 Å². The van der Waals surface area contributed by atoms with Gasteiger partial charge in [0.2, 0.25) is 5.91 Å². The molecule has 0 saturated carbocycles. The molecule has 1 aromatic heterocycles. The van der Waals surface area contributed by atoms with Crippen molar-refractivity contribution in [1.29, 1.82) is 0 Å². The zero-order valence-electron chi connectivity index (χ0n) is 13.2. The molecule has 0 aliphatic heterocycles. The molecule has 0 fully saturated rings. The number of hydrogen-bond donors (Lipinski definition) is 2. The minimum atomic E-state index is -1.26. The number of halogens is 2. The van der Waals surface area contributed by atoms with Crippen molar-refractivity contribution < 1.29 is 23.5 Å². The number of nitrogens with one attached hydrogen (secondary N) is 1. The number of carbonyl (C=O) groups is 2. The predicted octanol–water partition coefficient (Wildman–Crippen LogP) is 2.55. The third-order valence-corrected chi connectivity index (χ3v) is 3.62. The predicted molar refractivity (Wildman–Crippen MR) is 82.5 cm³/mol. The Bertz CT molecular complexity index is 772. The highest BCUT2D eigenvalue weighted by molar-refractivity contribution is 5.90. The van der Waals surface area contributed by atoms with E-state index in [1.165, 1.54) is 43.1 Å². The molecule has 1 aromatic carbocycles. The van der Waals surface area contributed by atoms with Gasteiger partial charge < -0.3 is 10.4 Å². The monoisotopic (exact) mass is 337 g/mol. The highest BCUT2D eigenvalue weighted by Gasteiger charge is 2.30. The minimum absolute atomic E-state index is 0.0458. The number of aryl methyl sites for hydroxylation is 1. The molecule has 0 atom stereocenters. The van der Waals surface area contributed by atoms with Gasteiger partial charge in [0, 0.05) is 12.6 Å². The molecule has 6 nitrogen and oxygen atoms in total. The number of rotatable bonds is 6. The average Bonchev–Trinajstić information content (AvgIpc) is 2.97. The highest BCUT2D eigenvalue weighted by atomic mass is 19.2. The molecule has 0 bridgehead atoms. The number of aromatic nitrogens is 2. The quantitative estimate of drug-likeness (QED) is 0.848. The van der Waals surface area contributed by atoms with Crippen LogP contribution in [0.3, 0.4) is 0 Å². The molecule has 24 heavy (non-hydrogen) atoms. The number of benzene rings is 1. The third kappa shape index (κ3) is 3.76. The van der Waals surface area contributed by atoms with Crippen LogP contribution in [0, 0.1) is 11.6 Å². The molecule has 128 valence electrons. The van der Waals surface area contributed by atoms with Gasteiger partial charge in [-0.15, -0.1) is 0 Å². The summed E-state index contributed by atoms with van der Waals surface area (Å²) in [5, 5.41) is 15.6. The first-order valence-electron chi connectivity index (χ1n) is 7.23. The molecule has 0 aliphatic rings. The minimum Gasteiger partial charge on any atom is -0.479 e. The summed E-state index contributed by atoms with van der Waals surface area (Å²) >= 11 is 0. The van der Waals surface area contributed by atoms with Crippen LogP contribution in [0.15, 0.2) is 30.6 Å². The van der Waals surface area contributed by atoms with Crippen molar-refractivity contribution >= 4 is 17.6 Å². The van der Waals surface area contributed by atoms with Gasteiger partial charge in [0.15, 0.2) is 17.2 Å². The SMILES string of the molecule is CC(C)(C(=O)O)n1cc(NC(=O)CCc2cccc(F)c2F)cn1. The van der Waals surface area contributed by atoms with E-state index in [1.807, 2.05) is 0 Å². The van der Waals surface area contributed by atoms with Gasteiger partial charge in [-0.2, -0.15) is 5.10 Å². The lowest BCUT2D eigenvalue weighted by Gasteiger charge is -2.19. The fourth-order valence-corrected chi connectivity index (χ4v) is 2.00. The van der Waals surface area contributed by atoms with Gasteiger partial charge in [0.1, 0.15) is 0 Å². The number of aliphatic carboxylic acids is 1. The van der Waals surface area contributed by atoms with E-state index >= 15 is 0 Å². The van der Waals surface area contributed by atoms with Gasteiger partial charge >= 0.3 is 5.97 Å². The fraction of sp³-hybridized carbons (Fsp3) is 0.312. The van der Waals surface area contributed by atoms with Crippen molar-refractivity contribution in [2.45, 2.75) is 32.2 Å². The average molecular weight is 337 g/mol. The number of anilines is 1. The van der Waals surface area contributed by atoms with E-state index in [1.54, 1.807) is 0 Å². The maximum absolute atomic E-state index is 13.5. The van der Waals surface area contributed by atoms with Gasteiger partial charge in [0.25, 0.3) is 0 Å². The van der Waals surface area contributed by atoms with Crippen molar-refractivity contribution in [2.75, 3.05) is 5.32 Å². The zero-order valence-corrected chi connectivity index (χ0v) is 13.2. The van der Waals surface area contributed by atoms with Gasteiger partial charge in [-0.3, -0.25) is 9.48 Å². The molecule has 1 heterocycles. The van der Waals surface area contributed by atoms with Gasteiger partial charge in [-0.1, -0.05) is 12.1 Å². The smallest absolute Gasteiger partial charge is 0.331 e. The second-order valence-electron chi connectivity index (χ2n) is 5.80. The van der Waals surface area contributed by atoms with Crippen molar-refractivity contribution in [2.24, 2.45) is 0 Å². The van der Waals surface area contributed by atoms with Gasteiger partial charge in [-0.05, 0) is 31.9 Å². The lowest BCUT2D eigenvalue weighted by Crippen LogP contribution is -2.35. The highest BCUT2D eigenvalue weighted by Crippen LogP contribution is 2.18. The van der Waals surface area contributed by atoms with Crippen LogP contribution in [0.5, 0.6) is 0 Å². The van der Waals surface area contributed by atoms with Crippen molar-refractivity contribution in [3.8, 4) is 0 Å². The van der Waals surface area contributed by atoms with Crippen molar-refractivity contribution in [1.82, 2.24) is 9.78 Å². The summed E-state index contributed by atoms with van der Waals surface area (Å²) in [5.41, 5.74) is -0.810. The number of carboxylic acid groups (broad SMARTS) is 1. The first kappa shape index (κ1) is 17.6. The molecule has 2 aromatic rings. The Balaban J connectivity index is 1.97. The van der Waals surface area contributed by atoms with Crippen LogP contribution in [0.2, 0.25) is 0 Å². The molecule has 0 aliphatic carbocycles. The summed E-state index contributed by atoms with van der Waals surface area (Å²) in [6.07, 6.45) is 2.72. The van der Waals surface area contributed by atoms with E-state index in [-0.39, 0.29) is 18.4 Å². The lowest BCUT2D eigenvalue weighted by molar-refractivity contribution is -0.146. The van der Waals surface area contributed by atoms with Crippen LogP contribution >= 0.6 is 0 Å². The van der Waals surface area contributed by atoms with Crippen LogP contribution < -0.4 is 5.32 Å².